The first-order chi connectivity index (χ1) is 15.1. The molecular formula is C25H34N2O4. The van der Waals surface area contributed by atoms with Gasteiger partial charge in [-0.15, -0.1) is 0 Å². The topological polar surface area (TPSA) is 67.9 Å². The summed E-state index contributed by atoms with van der Waals surface area (Å²) in [4.78, 5) is 27.5. The van der Waals surface area contributed by atoms with Crippen molar-refractivity contribution in [1.82, 2.24) is 10.2 Å². The Hall–Kier alpha value is -3.02. The van der Waals surface area contributed by atoms with Gasteiger partial charge in [-0.2, -0.15) is 0 Å². The van der Waals surface area contributed by atoms with Crippen LogP contribution in [0.15, 0.2) is 54.6 Å². The largest absolute Gasteiger partial charge is 0.497 e. The summed E-state index contributed by atoms with van der Waals surface area (Å²) in [6.07, 6.45) is 3.14. The van der Waals surface area contributed by atoms with E-state index in [1.165, 1.54) is 0 Å². The molecule has 0 aliphatic rings. The maximum absolute atomic E-state index is 13.1. The molecular weight excluding hydrogens is 392 g/mol. The van der Waals surface area contributed by atoms with Gasteiger partial charge in [0, 0.05) is 13.1 Å². The fourth-order valence-electron chi connectivity index (χ4n) is 3.30. The smallest absolute Gasteiger partial charge is 0.261 e. The van der Waals surface area contributed by atoms with E-state index in [4.69, 9.17) is 9.47 Å². The van der Waals surface area contributed by atoms with Crippen LogP contribution in [0, 0.1) is 0 Å². The highest BCUT2D eigenvalue weighted by Crippen LogP contribution is 2.17. The molecule has 0 spiro atoms. The lowest BCUT2D eigenvalue weighted by molar-refractivity contribution is -0.142. The van der Waals surface area contributed by atoms with Crippen LogP contribution >= 0.6 is 0 Å². The molecule has 2 aromatic rings. The molecule has 2 rings (SSSR count). The summed E-state index contributed by atoms with van der Waals surface area (Å²) in [5.41, 5.74) is 1.12. The van der Waals surface area contributed by atoms with Crippen LogP contribution in [0.1, 0.15) is 38.7 Å². The van der Waals surface area contributed by atoms with Crippen molar-refractivity contribution in [2.24, 2.45) is 0 Å². The van der Waals surface area contributed by atoms with Crippen molar-refractivity contribution in [3.05, 3.63) is 60.2 Å². The van der Waals surface area contributed by atoms with E-state index >= 15 is 0 Å². The van der Waals surface area contributed by atoms with E-state index in [0.29, 0.717) is 31.7 Å². The molecule has 0 fully saturated rings. The zero-order chi connectivity index (χ0) is 22.5. The number of carbonyl (C=O) groups excluding carboxylic acids is 2. The molecule has 2 amide bonds. The number of rotatable bonds is 13. The minimum atomic E-state index is -0.521. The molecule has 0 saturated heterocycles. The monoisotopic (exact) mass is 426 g/mol. The van der Waals surface area contributed by atoms with Gasteiger partial charge in [0.2, 0.25) is 5.91 Å². The number of hydrogen-bond donors (Lipinski definition) is 1. The number of amides is 2. The predicted molar refractivity (Wildman–Crippen MR) is 122 cm³/mol. The minimum absolute atomic E-state index is 0.109. The Kier molecular flexibility index (Phi) is 10.4. The standard InChI is InChI=1S/C25H34N2O4/c1-4-6-17-26-25(29)23(5-2)27(18-16-20-10-8-7-9-11-20)24(28)19-31-22-14-12-21(30-3)13-15-22/h7-15,23H,4-6,16-19H2,1-3H3,(H,26,29)/t23-/m0/s1. The SMILES string of the molecule is CCCCNC(=O)[C@H](CC)N(CCc1ccccc1)C(=O)COc1ccc(OC)cc1. The maximum atomic E-state index is 13.1. The van der Waals surface area contributed by atoms with Crippen molar-refractivity contribution in [1.29, 1.82) is 0 Å². The second-order valence-electron chi connectivity index (χ2n) is 7.36. The number of hydrogen-bond acceptors (Lipinski definition) is 4. The fraction of sp³-hybridized carbons (Fsp3) is 0.440. The summed E-state index contributed by atoms with van der Waals surface area (Å²) in [5, 5.41) is 2.97. The highest BCUT2D eigenvalue weighted by atomic mass is 16.5. The lowest BCUT2D eigenvalue weighted by Gasteiger charge is -2.30. The van der Waals surface area contributed by atoms with Gasteiger partial charge < -0.3 is 19.7 Å². The van der Waals surface area contributed by atoms with E-state index in [2.05, 4.69) is 12.2 Å². The maximum Gasteiger partial charge on any atom is 0.261 e. The Bertz CT molecular complexity index is 793. The Morgan fingerprint density at radius 1 is 1.00 bits per heavy atom. The molecule has 0 unspecified atom stereocenters. The molecule has 6 nitrogen and oxygen atoms in total. The number of ether oxygens (including phenoxy) is 2. The summed E-state index contributed by atoms with van der Waals surface area (Å²) in [5.74, 6) is 0.988. The number of nitrogens with one attached hydrogen (secondary N) is 1. The minimum Gasteiger partial charge on any atom is -0.497 e. The number of methoxy groups -OCH3 is 1. The lowest BCUT2D eigenvalue weighted by atomic mass is 10.1. The summed E-state index contributed by atoms with van der Waals surface area (Å²) in [7, 11) is 1.60. The third-order valence-electron chi connectivity index (χ3n) is 5.12. The number of carbonyl (C=O) groups is 2. The normalized spacial score (nSPS) is 11.5. The van der Waals surface area contributed by atoms with E-state index in [1.54, 1.807) is 36.3 Å². The zero-order valence-corrected chi connectivity index (χ0v) is 18.8. The molecule has 0 radical (unpaired) electrons. The summed E-state index contributed by atoms with van der Waals surface area (Å²) in [6, 6.07) is 16.5. The van der Waals surface area contributed by atoms with Gasteiger partial charge in [-0.3, -0.25) is 9.59 Å². The second kappa shape index (κ2) is 13.3. The van der Waals surface area contributed by atoms with Crippen LogP contribution in [0.3, 0.4) is 0 Å². The second-order valence-corrected chi connectivity index (χ2v) is 7.36. The molecule has 0 saturated carbocycles. The summed E-state index contributed by atoms with van der Waals surface area (Å²) >= 11 is 0. The Morgan fingerprint density at radius 2 is 1.68 bits per heavy atom. The van der Waals surface area contributed by atoms with Gasteiger partial charge in [-0.05, 0) is 49.1 Å². The lowest BCUT2D eigenvalue weighted by Crippen LogP contribution is -2.51. The van der Waals surface area contributed by atoms with E-state index in [1.807, 2.05) is 37.3 Å². The van der Waals surface area contributed by atoms with Crippen LogP contribution in [-0.2, 0) is 16.0 Å². The molecule has 31 heavy (non-hydrogen) atoms. The number of nitrogens with zero attached hydrogens (tertiary/aromatic N) is 1. The molecule has 0 bridgehead atoms. The van der Waals surface area contributed by atoms with E-state index in [0.717, 1.165) is 24.2 Å². The highest BCUT2D eigenvalue weighted by molar-refractivity contribution is 5.88. The van der Waals surface area contributed by atoms with Gasteiger partial charge in [-0.25, -0.2) is 0 Å². The first-order valence-electron chi connectivity index (χ1n) is 11.0. The third kappa shape index (κ3) is 7.96. The van der Waals surface area contributed by atoms with Gasteiger partial charge in [0.25, 0.3) is 5.91 Å². The first kappa shape index (κ1) is 24.3. The van der Waals surface area contributed by atoms with Crippen LogP contribution in [0.5, 0.6) is 11.5 Å². The van der Waals surface area contributed by atoms with Crippen molar-refractivity contribution in [3.63, 3.8) is 0 Å². The van der Waals surface area contributed by atoms with Gasteiger partial charge in [0.05, 0.1) is 7.11 Å². The van der Waals surface area contributed by atoms with Crippen molar-refractivity contribution in [3.8, 4) is 11.5 Å². The van der Waals surface area contributed by atoms with Crippen LogP contribution < -0.4 is 14.8 Å². The van der Waals surface area contributed by atoms with Gasteiger partial charge in [0.15, 0.2) is 6.61 Å². The Morgan fingerprint density at radius 3 is 2.29 bits per heavy atom. The predicted octanol–water partition coefficient (Wildman–Crippen LogP) is 3.84. The molecule has 168 valence electrons. The molecule has 0 heterocycles. The average molecular weight is 427 g/mol. The molecule has 0 aromatic heterocycles. The molecule has 1 N–H and O–H groups in total. The van der Waals surface area contributed by atoms with E-state index in [9.17, 15) is 9.59 Å². The van der Waals surface area contributed by atoms with Crippen LogP contribution in [0.2, 0.25) is 0 Å². The van der Waals surface area contributed by atoms with E-state index in [-0.39, 0.29) is 18.4 Å². The summed E-state index contributed by atoms with van der Waals surface area (Å²) in [6.45, 7) is 4.95. The van der Waals surface area contributed by atoms with Crippen LogP contribution in [-0.4, -0.2) is 49.6 Å². The average Bonchev–Trinajstić information content (AvgIpc) is 2.81. The Labute approximate surface area is 185 Å². The molecule has 0 aliphatic carbocycles. The van der Waals surface area contributed by atoms with Crippen molar-refractivity contribution >= 4 is 11.8 Å². The van der Waals surface area contributed by atoms with Crippen molar-refractivity contribution < 1.29 is 19.1 Å². The van der Waals surface area contributed by atoms with Crippen molar-refractivity contribution in [2.75, 3.05) is 26.8 Å². The molecule has 0 aliphatic heterocycles. The highest BCUT2D eigenvalue weighted by Gasteiger charge is 2.28. The molecule has 2 aromatic carbocycles. The first-order valence-corrected chi connectivity index (χ1v) is 11.0. The molecule has 1 atom stereocenters. The Balaban J connectivity index is 2.07. The van der Waals surface area contributed by atoms with Crippen LogP contribution in [0.4, 0.5) is 0 Å². The number of benzene rings is 2. The zero-order valence-electron chi connectivity index (χ0n) is 18.8. The third-order valence-corrected chi connectivity index (χ3v) is 5.12. The fourth-order valence-corrected chi connectivity index (χ4v) is 3.30. The summed E-state index contributed by atoms with van der Waals surface area (Å²) < 4.78 is 10.8. The quantitative estimate of drug-likeness (QED) is 0.494. The van der Waals surface area contributed by atoms with E-state index < -0.39 is 6.04 Å². The van der Waals surface area contributed by atoms with Gasteiger partial charge in [0.1, 0.15) is 17.5 Å². The van der Waals surface area contributed by atoms with Crippen molar-refractivity contribution in [2.45, 2.75) is 45.6 Å². The van der Waals surface area contributed by atoms with Gasteiger partial charge >= 0.3 is 0 Å². The van der Waals surface area contributed by atoms with Gasteiger partial charge in [-0.1, -0.05) is 50.6 Å². The molecule has 6 heteroatoms. The van der Waals surface area contributed by atoms with Crippen LogP contribution in [0.25, 0.3) is 0 Å². The number of unbranched alkanes of at least 4 members (excludes halogenated alkanes) is 1.